The van der Waals surface area contributed by atoms with E-state index in [1.54, 1.807) is 4.90 Å². The van der Waals surface area contributed by atoms with E-state index >= 15 is 0 Å². The minimum absolute atomic E-state index is 0.0908. The summed E-state index contributed by atoms with van der Waals surface area (Å²) >= 11 is 0. The Morgan fingerprint density at radius 2 is 2.00 bits per heavy atom. The fraction of sp³-hybridized carbons (Fsp3) is 0.786. The predicted molar refractivity (Wildman–Crippen MR) is 66.3 cm³/mol. The Bertz CT molecular complexity index is 331. The largest absolute Gasteiger partial charge is 0.369 e. The van der Waals surface area contributed by atoms with Crippen molar-refractivity contribution in [3.8, 4) is 0 Å². The number of hydrogen-bond donors (Lipinski definition) is 2. The van der Waals surface area contributed by atoms with Gasteiger partial charge in [0.05, 0.1) is 19.6 Å². The van der Waals surface area contributed by atoms with Crippen LogP contribution in [0.4, 0.5) is 0 Å². The molecule has 2 bridgehead atoms. The second-order valence-corrected chi connectivity index (χ2v) is 6.17. The first-order chi connectivity index (χ1) is 8.22. The van der Waals surface area contributed by atoms with Gasteiger partial charge in [-0.3, -0.25) is 4.79 Å². The molecule has 3 rings (SSSR count). The van der Waals surface area contributed by atoms with E-state index in [4.69, 9.17) is 5.73 Å². The summed E-state index contributed by atoms with van der Waals surface area (Å²) in [6, 6.07) is 0. The number of nitrogens with two attached hydrogens (primary N) is 1. The lowest BCUT2D eigenvalue weighted by Crippen LogP contribution is -3.13. The molecule has 0 aromatic carbocycles. The van der Waals surface area contributed by atoms with E-state index in [1.165, 1.54) is 19.4 Å². The van der Waals surface area contributed by atoms with Gasteiger partial charge in [0.2, 0.25) is 5.91 Å². The molecule has 0 aromatic heterocycles. The van der Waals surface area contributed by atoms with Gasteiger partial charge in [0, 0.05) is 24.7 Å². The fourth-order valence-corrected chi connectivity index (χ4v) is 4.01. The zero-order chi connectivity index (χ0) is 11.8. The van der Waals surface area contributed by atoms with Crippen LogP contribution in [0.2, 0.25) is 0 Å². The number of allylic oxidation sites excluding steroid dienone is 2. The monoisotopic (exact) mass is 235 g/mol. The van der Waals surface area contributed by atoms with E-state index in [1.807, 2.05) is 0 Å². The molecule has 0 unspecified atom stereocenters. The number of carbonyl (C=O) groups is 1. The van der Waals surface area contributed by atoms with Crippen LogP contribution in [0.3, 0.4) is 0 Å². The Morgan fingerprint density at radius 3 is 2.53 bits per heavy atom. The maximum absolute atomic E-state index is 11.1. The third kappa shape index (κ3) is 2.25. The predicted octanol–water partition coefficient (Wildman–Crippen LogP) is -0.0212. The second kappa shape index (κ2) is 4.45. The summed E-state index contributed by atoms with van der Waals surface area (Å²) in [6.07, 6.45) is 9.67. The number of quaternary nitrogens is 1. The molecule has 3 aliphatic rings. The zero-order valence-electron chi connectivity index (χ0n) is 10.4. The zero-order valence-corrected chi connectivity index (χ0v) is 10.4. The highest BCUT2D eigenvalue weighted by Crippen LogP contribution is 2.42. The van der Waals surface area contributed by atoms with Gasteiger partial charge in [-0.15, -0.1) is 0 Å². The van der Waals surface area contributed by atoms with Crippen LogP contribution in [0.1, 0.15) is 25.7 Å². The molecule has 1 aliphatic heterocycles. The van der Waals surface area contributed by atoms with E-state index in [9.17, 15) is 4.79 Å². The number of rotatable bonds is 3. The molecular weight excluding hydrogens is 212 g/mol. The van der Waals surface area contributed by atoms with Crippen molar-refractivity contribution in [1.82, 2.24) is 0 Å². The number of primary amides is 1. The number of nitrogens with one attached hydrogen (secondary N) is 1. The molecule has 2 aliphatic carbocycles. The van der Waals surface area contributed by atoms with Gasteiger partial charge < -0.3 is 10.6 Å². The Hall–Kier alpha value is -0.830. The topological polar surface area (TPSA) is 47.5 Å². The van der Waals surface area contributed by atoms with Gasteiger partial charge in [0.25, 0.3) is 0 Å². The quantitative estimate of drug-likeness (QED) is 0.664. The molecule has 2 fully saturated rings. The fourth-order valence-electron chi connectivity index (χ4n) is 4.01. The minimum atomic E-state index is -0.0908. The Kier molecular flexibility index (Phi) is 2.95. The summed E-state index contributed by atoms with van der Waals surface area (Å²) in [5.74, 6) is 2.71. The minimum Gasteiger partial charge on any atom is -0.369 e. The van der Waals surface area contributed by atoms with Crippen LogP contribution in [0.25, 0.3) is 0 Å². The molecule has 1 amide bonds. The summed E-state index contributed by atoms with van der Waals surface area (Å²) in [5.41, 5.74) is 5.37. The number of carbonyl (C=O) groups excluding carboxylic acids is 1. The molecule has 3 N–H and O–H groups in total. The van der Waals surface area contributed by atoms with E-state index in [2.05, 4.69) is 12.2 Å². The molecule has 0 aromatic rings. The summed E-state index contributed by atoms with van der Waals surface area (Å²) in [6.45, 7) is 3.60. The molecule has 94 valence electrons. The average Bonchev–Trinajstić information content (AvgIpc) is 2.91. The number of hydrogen-bond acceptors (Lipinski definition) is 1. The van der Waals surface area contributed by atoms with Gasteiger partial charge in [0.1, 0.15) is 0 Å². The van der Waals surface area contributed by atoms with Gasteiger partial charge in [-0.1, -0.05) is 12.2 Å². The van der Waals surface area contributed by atoms with Crippen molar-refractivity contribution in [3.05, 3.63) is 12.2 Å². The molecule has 17 heavy (non-hydrogen) atoms. The number of fused-ring (bicyclic) bond motifs is 2. The molecule has 1 saturated heterocycles. The van der Waals surface area contributed by atoms with Crippen LogP contribution in [0.5, 0.6) is 0 Å². The molecule has 3 atom stereocenters. The molecule has 3 heteroatoms. The van der Waals surface area contributed by atoms with Gasteiger partial charge in [-0.25, -0.2) is 0 Å². The molecule has 1 heterocycles. The molecule has 1 saturated carbocycles. The van der Waals surface area contributed by atoms with Crippen molar-refractivity contribution in [2.24, 2.45) is 29.4 Å². The molecule has 0 spiro atoms. The Balaban J connectivity index is 1.48. The lowest BCUT2D eigenvalue weighted by atomic mass is 9.91. The molecule has 3 nitrogen and oxygen atoms in total. The van der Waals surface area contributed by atoms with Gasteiger partial charge in [-0.05, 0) is 24.7 Å². The Morgan fingerprint density at radius 1 is 1.24 bits per heavy atom. The van der Waals surface area contributed by atoms with Crippen LogP contribution < -0.4 is 10.6 Å². The summed E-state index contributed by atoms with van der Waals surface area (Å²) in [5, 5.41) is 0. The number of amides is 1. The van der Waals surface area contributed by atoms with Crippen molar-refractivity contribution < 1.29 is 9.69 Å². The first kappa shape index (κ1) is 11.3. The van der Waals surface area contributed by atoms with Crippen molar-refractivity contribution in [3.63, 3.8) is 0 Å². The lowest BCUT2D eigenvalue weighted by Gasteiger charge is -2.31. The third-order valence-electron chi connectivity index (χ3n) is 5.06. The summed E-state index contributed by atoms with van der Waals surface area (Å²) < 4.78 is 0. The lowest BCUT2D eigenvalue weighted by molar-refractivity contribution is -0.909. The van der Waals surface area contributed by atoms with Crippen LogP contribution >= 0.6 is 0 Å². The van der Waals surface area contributed by atoms with Crippen LogP contribution in [-0.4, -0.2) is 25.5 Å². The summed E-state index contributed by atoms with van der Waals surface area (Å²) in [7, 11) is 0. The molecule has 0 radical (unpaired) electrons. The van der Waals surface area contributed by atoms with Gasteiger partial charge in [-0.2, -0.15) is 0 Å². The maximum Gasteiger partial charge on any atom is 0.220 e. The highest BCUT2D eigenvalue weighted by atomic mass is 16.1. The van der Waals surface area contributed by atoms with E-state index < -0.39 is 0 Å². The summed E-state index contributed by atoms with van der Waals surface area (Å²) in [4.78, 5) is 12.8. The van der Waals surface area contributed by atoms with Gasteiger partial charge in [0.15, 0.2) is 0 Å². The molecular formula is C14H23N2O+. The smallest absolute Gasteiger partial charge is 0.220 e. The van der Waals surface area contributed by atoms with Crippen LogP contribution in [0.15, 0.2) is 12.2 Å². The van der Waals surface area contributed by atoms with Crippen molar-refractivity contribution in [2.45, 2.75) is 25.7 Å². The van der Waals surface area contributed by atoms with Crippen molar-refractivity contribution in [2.75, 3.05) is 19.6 Å². The van der Waals surface area contributed by atoms with Crippen LogP contribution in [-0.2, 0) is 4.79 Å². The van der Waals surface area contributed by atoms with Crippen molar-refractivity contribution in [1.29, 1.82) is 0 Å². The normalized spacial score (nSPS) is 44.1. The Labute approximate surface area is 103 Å². The maximum atomic E-state index is 11.1. The third-order valence-corrected chi connectivity index (χ3v) is 5.06. The first-order valence-electron chi connectivity index (χ1n) is 7.03. The van der Waals surface area contributed by atoms with Gasteiger partial charge >= 0.3 is 0 Å². The second-order valence-electron chi connectivity index (χ2n) is 6.17. The van der Waals surface area contributed by atoms with Crippen LogP contribution in [0, 0.1) is 23.7 Å². The van der Waals surface area contributed by atoms with E-state index in [-0.39, 0.29) is 11.8 Å². The first-order valence-corrected chi connectivity index (χ1v) is 7.03. The number of piperidine rings is 1. The SMILES string of the molecule is NC(=O)C1CC[NH+](C[C@H]2C[C@H]3C=C[C@@H]2C3)CC1. The van der Waals surface area contributed by atoms with E-state index in [0.29, 0.717) is 0 Å². The highest BCUT2D eigenvalue weighted by molar-refractivity contribution is 5.76. The number of likely N-dealkylation sites (tertiary alicyclic amines) is 1. The van der Waals surface area contributed by atoms with Crippen molar-refractivity contribution >= 4 is 5.91 Å². The van der Waals surface area contributed by atoms with E-state index in [0.717, 1.165) is 43.7 Å². The highest BCUT2D eigenvalue weighted by Gasteiger charge is 2.38. The standard InChI is InChI=1S/C14H22N2O/c15-14(17)11-3-5-16(6-4-11)9-13-8-10-1-2-12(13)7-10/h1-2,10-13H,3-9H2,(H2,15,17)/p+1/t10-,12+,13+/m0/s1. The average molecular weight is 235 g/mol.